The summed E-state index contributed by atoms with van der Waals surface area (Å²) in [4.78, 5) is 24.1. The monoisotopic (exact) mass is 426 g/mol. The van der Waals surface area contributed by atoms with Gasteiger partial charge in [-0.2, -0.15) is 5.26 Å². The highest BCUT2D eigenvalue weighted by molar-refractivity contribution is 6.09. The summed E-state index contributed by atoms with van der Waals surface area (Å²) < 4.78 is 10.6. The highest BCUT2D eigenvalue weighted by Crippen LogP contribution is 2.23. The Balaban J connectivity index is 1.73. The third-order valence-corrected chi connectivity index (χ3v) is 4.66. The zero-order valence-corrected chi connectivity index (χ0v) is 17.8. The summed E-state index contributed by atoms with van der Waals surface area (Å²) in [5.74, 6) is -0.370. The van der Waals surface area contributed by atoms with E-state index < -0.39 is 11.9 Å². The van der Waals surface area contributed by atoms with Crippen molar-refractivity contribution in [2.24, 2.45) is 0 Å². The molecule has 0 unspecified atom stereocenters. The van der Waals surface area contributed by atoms with Crippen LogP contribution in [0.2, 0.25) is 0 Å². The SMILES string of the molecule is COC(=O)c1ccc(COc2ccccc2/C=C(\C#N)C(=O)Nc2ccc(C)cc2)cc1. The molecule has 6 nitrogen and oxygen atoms in total. The molecule has 0 radical (unpaired) electrons. The molecule has 0 atom stereocenters. The maximum atomic E-state index is 12.6. The van der Waals surface area contributed by atoms with Crippen LogP contribution < -0.4 is 10.1 Å². The second-order valence-electron chi connectivity index (χ2n) is 7.00. The number of amides is 1. The number of rotatable bonds is 7. The van der Waals surface area contributed by atoms with Crippen LogP contribution in [0.5, 0.6) is 5.75 Å². The Morgan fingerprint density at radius 1 is 1.00 bits per heavy atom. The lowest BCUT2D eigenvalue weighted by molar-refractivity contribution is -0.112. The van der Waals surface area contributed by atoms with Crippen LogP contribution in [0.1, 0.15) is 27.0 Å². The van der Waals surface area contributed by atoms with E-state index in [2.05, 4.69) is 5.32 Å². The summed E-state index contributed by atoms with van der Waals surface area (Å²) in [6, 6.07) is 23.3. The number of anilines is 1. The lowest BCUT2D eigenvalue weighted by atomic mass is 10.1. The first-order valence-electron chi connectivity index (χ1n) is 9.89. The summed E-state index contributed by atoms with van der Waals surface area (Å²) in [6.07, 6.45) is 1.50. The number of nitriles is 1. The van der Waals surface area contributed by atoms with Crippen molar-refractivity contribution in [2.75, 3.05) is 12.4 Å². The third kappa shape index (κ3) is 5.83. The van der Waals surface area contributed by atoms with Crippen LogP contribution in [-0.2, 0) is 16.1 Å². The van der Waals surface area contributed by atoms with Crippen LogP contribution in [0.3, 0.4) is 0 Å². The maximum absolute atomic E-state index is 12.6. The molecule has 0 heterocycles. The molecule has 0 fully saturated rings. The van der Waals surface area contributed by atoms with Crippen molar-refractivity contribution < 1.29 is 19.1 Å². The van der Waals surface area contributed by atoms with Gasteiger partial charge in [0.1, 0.15) is 24.0 Å². The summed E-state index contributed by atoms with van der Waals surface area (Å²) in [7, 11) is 1.33. The first kappa shape index (κ1) is 22.3. The Hall–Kier alpha value is -4.37. The van der Waals surface area contributed by atoms with Gasteiger partial charge in [-0.05, 0) is 48.9 Å². The number of carbonyl (C=O) groups excluding carboxylic acids is 2. The summed E-state index contributed by atoms with van der Waals surface area (Å²) >= 11 is 0. The van der Waals surface area contributed by atoms with E-state index in [0.717, 1.165) is 11.1 Å². The van der Waals surface area contributed by atoms with E-state index in [9.17, 15) is 14.9 Å². The number of ether oxygens (including phenoxy) is 2. The molecule has 0 bridgehead atoms. The van der Waals surface area contributed by atoms with Crippen LogP contribution in [0.4, 0.5) is 5.69 Å². The number of nitrogens with zero attached hydrogens (tertiary/aromatic N) is 1. The van der Waals surface area contributed by atoms with E-state index >= 15 is 0 Å². The molecule has 0 aliphatic rings. The molecule has 32 heavy (non-hydrogen) atoms. The molecule has 3 aromatic rings. The molecule has 1 N–H and O–H groups in total. The number of aryl methyl sites for hydroxylation is 1. The molecule has 0 saturated heterocycles. The van der Waals surface area contributed by atoms with E-state index in [4.69, 9.17) is 9.47 Å². The van der Waals surface area contributed by atoms with E-state index in [1.54, 1.807) is 54.6 Å². The Bertz CT molecular complexity index is 1170. The molecule has 0 spiro atoms. The number of para-hydroxylation sites is 1. The minimum Gasteiger partial charge on any atom is -0.488 e. The summed E-state index contributed by atoms with van der Waals surface area (Å²) in [5.41, 5.74) is 3.57. The second kappa shape index (κ2) is 10.6. The highest BCUT2D eigenvalue weighted by atomic mass is 16.5. The average molecular weight is 426 g/mol. The van der Waals surface area contributed by atoms with Crippen molar-refractivity contribution in [1.82, 2.24) is 0 Å². The van der Waals surface area contributed by atoms with Crippen molar-refractivity contribution in [3.63, 3.8) is 0 Å². The van der Waals surface area contributed by atoms with Crippen LogP contribution in [0, 0.1) is 18.3 Å². The molecule has 0 aliphatic heterocycles. The number of hydrogen-bond acceptors (Lipinski definition) is 5. The molecular formula is C26H22N2O4. The van der Waals surface area contributed by atoms with E-state index in [1.807, 2.05) is 31.2 Å². The average Bonchev–Trinajstić information content (AvgIpc) is 2.83. The van der Waals surface area contributed by atoms with Gasteiger partial charge in [0.2, 0.25) is 0 Å². The fourth-order valence-electron chi connectivity index (χ4n) is 2.89. The van der Waals surface area contributed by atoms with Crippen LogP contribution in [0.25, 0.3) is 6.08 Å². The Morgan fingerprint density at radius 3 is 2.34 bits per heavy atom. The molecular weight excluding hydrogens is 404 g/mol. The van der Waals surface area contributed by atoms with Crippen LogP contribution >= 0.6 is 0 Å². The van der Waals surface area contributed by atoms with Crippen LogP contribution in [0.15, 0.2) is 78.4 Å². The van der Waals surface area contributed by atoms with Gasteiger partial charge < -0.3 is 14.8 Å². The van der Waals surface area contributed by atoms with Crippen molar-refractivity contribution in [1.29, 1.82) is 5.26 Å². The van der Waals surface area contributed by atoms with E-state index in [1.165, 1.54) is 13.2 Å². The highest BCUT2D eigenvalue weighted by Gasteiger charge is 2.12. The van der Waals surface area contributed by atoms with Crippen molar-refractivity contribution in [3.05, 3.63) is 101 Å². The predicted octanol–water partition coefficient (Wildman–Crippen LogP) is 4.91. The number of esters is 1. The molecule has 3 rings (SSSR count). The summed E-state index contributed by atoms with van der Waals surface area (Å²) in [5, 5.41) is 12.2. The Kier molecular flexibility index (Phi) is 7.39. The van der Waals surface area contributed by atoms with Gasteiger partial charge in [0.15, 0.2) is 0 Å². The molecule has 1 amide bonds. The van der Waals surface area contributed by atoms with E-state index in [0.29, 0.717) is 22.6 Å². The van der Waals surface area contributed by atoms with Gasteiger partial charge in [-0.15, -0.1) is 0 Å². The lowest BCUT2D eigenvalue weighted by Gasteiger charge is -2.10. The molecule has 0 aliphatic carbocycles. The minimum atomic E-state index is -0.496. The summed E-state index contributed by atoms with van der Waals surface area (Å²) in [6.45, 7) is 2.21. The number of benzene rings is 3. The molecule has 0 saturated carbocycles. The third-order valence-electron chi connectivity index (χ3n) is 4.66. The predicted molar refractivity (Wildman–Crippen MR) is 122 cm³/mol. The van der Waals surface area contributed by atoms with Gasteiger partial charge in [0.05, 0.1) is 12.7 Å². The lowest BCUT2D eigenvalue weighted by Crippen LogP contribution is -2.13. The van der Waals surface area contributed by atoms with Gasteiger partial charge >= 0.3 is 5.97 Å². The maximum Gasteiger partial charge on any atom is 0.337 e. The molecule has 3 aromatic carbocycles. The zero-order chi connectivity index (χ0) is 22.9. The smallest absolute Gasteiger partial charge is 0.337 e. The Morgan fingerprint density at radius 2 is 1.69 bits per heavy atom. The van der Waals surface area contributed by atoms with E-state index in [-0.39, 0.29) is 12.2 Å². The number of methoxy groups -OCH3 is 1. The van der Waals surface area contributed by atoms with Crippen LogP contribution in [-0.4, -0.2) is 19.0 Å². The number of hydrogen-bond donors (Lipinski definition) is 1. The fourth-order valence-corrected chi connectivity index (χ4v) is 2.89. The fraction of sp³-hybridized carbons (Fsp3) is 0.115. The van der Waals surface area contributed by atoms with Gasteiger partial charge in [0, 0.05) is 11.3 Å². The quantitative estimate of drug-likeness (QED) is 0.330. The van der Waals surface area contributed by atoms with Gasteiger partial charge in [-0.3, -0.25) is 4.79 Å². The first-order valence-corrected chi connectivity index (χ1v) is 9.89. The zero-order valence-electron chi connectivity index (χ0n) is 17.8. The van der Waals surface area contributed by atoms with Gasteiger partial charge in [-0.25, -0.2) is 4.79 Å². The minimum absolute atomic E-state index is 0.0379. The molecule has 0 aromatic heterocycles. The van der Waals surface area contributed by atoms with Crippen molar-refractivity contribution in [3.8, 4) is 11.8 Å². The Labute approximate surface area is 186 Å². The van der Waals surface area contributed by atoms with Gasteiger partial charge in [-0.1, -0.05) is 48.0 Å². The topological polar surface area (TPSA) is 88.4 Å². The standard InChI is InChI=1S/C26H22N2O4/c1-18-7-13-23(14-8-18)28-25(29)22(16-27)15-21-5-3-4-6-24(21)32-17-19-9-11-20(12-10-19)26(30)31-2/h3-15H,17H2,1-2H3,(H,28,29)/b22-15+. The van der Waals surface area contributed by atoms with Crippen molar-refractivity contribution in [2.45, 2.75) is 13.5 Å². The number of nitrogens with one attached hydrogen (secondary N) is 1. The second-order valence-corrected chi connectivity index (χ2v) is 7.00. The molecule has 6 heteroatoms. The number of carbonyl (C=O) groups is 2. The largest absolute Gasteiger partial charge is 0.488 e. The normalized spacial score (nSPS) is 10.7. The van der Waals surface area contributed by atoms with Gasteiger partial charge in [0.25, 0.3) is 5.91 Å². The first-order chi connectivity index (χ1) is 15.5. The van der Waals surface area contributed by atoms with Crippen molar-refractivity contribution >= 4 is 23.6 Å². The molecule has 160 valence electrons.